The van der Waals surface area contributed by atoms with Crippen molar-refractivity contribution in [1.82, 2.24) is 19.6 Å². The lowest BCUT2D eigenvalue weighted by Gasteiger charge is -2.17. The minimum atomic E-state index is -0.293. The van der Waals surface area contributed by atoms with E-state index in [2.05, 4.69) is 27.3 Å². The molecule has 4 aromatic rings. The molecule has 1 aromatic carbocycles. The zero-order chi connectivity index (χ0) is 17.9. The maximum atomic E-state index is 14.2. The fourth-order valence-corrected chi connectivity index (χ4v) is 3.00. The lowest BCUT2D eigenvalue weighted by Crippen LogP contribution is -2.20. The quantitative estimate of drug-likeness (QED) is 0.593. The first-order valence-electron chi connectivity index (χ1n) is 8.46. The van der Waals surface area contributed by atoms with E-state index >= 15 is 0 Å². The van der Waals surface area contributed by atoms with Gasteiger partial charge in [0.2, 0.25) is 0 Å². The Morgan fingerprint density at radius 3 is 2.81 bits per heavy atom. The van der Waals surface area contributed by atoms with Gasteiger partial charge in [-0.1, -0.05) is 18.2 Å². The van der Waals surface area contributed by atoms with Crippen LogP contribution in [-0.2, 0) is 6.42 Å². The Bertz CT molecular complexity index is 1030. The van der Waals surface area contributed by atoms with Crippen molar-refractivity contribution in [3.05, 3.63) is 78.5 Å². The third-order valence-corrected chi connectivity index (χ3v) is 4.17. The van der Waals surface area contributed by atoms with Crippen LogP contribution in [0.25, 0.3) is 16.9 Å². The highest BCUT2D eigenvalue weighted by Gasteiger charge is 2.13. The first-order valence-corrected chi connectivity index (χ1v) is 8.46. The van der Waals surface area contributed by atoms with Gasteiger partial charge in [0, 0.05) is 36.1 Å². The Balaban J connectivity index is 1.68. The number of benzene rings is 1. The van der Waals surface area contributed by atoms with Gasteiger partial charge in [-0.2, -0.15) is 9.61 Å². The highest BCUT2D eigenvalue weighted by molar-refractivity contribution is 5.67. The Labute approximate surface area is 150 Å². The summed E-state index contributed by atoms with van der Waals surface area (Å²) in [6.45, 7) is 2.09. The molecule has 0 aliphatic heterocycles. The topological polar surface area (TPSA) is 55.1 Å². The molecule has 26 heavy (non-hydrogen) atoms. The maximum Gasteiger partial charge on any atom is 0.157 e. The molecular formula is C20H18FN5. The van der Waals surface area contributed by atoms with E-state index in [1.54, 1.807) is 41.2 Å². The van der Waals surface area contributed by atoms with Crippen molar-refractivity contribution in [3.63, 3.8) is 0 Å². The van der Waals surface area contributed by atoms with Gasteiger partial charge in [0.05, 0.1) is 11.9 Å². The standard InChI is InChI=1S/C20H18FN5/c1-14(11-15-5-4-9-22-13-15)24-20-12-18(16-6-2-3-7-17(16)21)25-19-8-10-23-26(19)20/h2-10,12-14,24H,11H2,1H3/t14-/m1/s1. The smallest absolute Gasteiger partial charge is 0.157 e. The van der Waals surface area contributed by atoms with Crippen LogP contribution in [0.5, 0.6) is 0 Å². The Hall–Kier alpha value is -3.28. The molecule has 0 aliphatic rings. The summed E-state index contributed by atoms with van der Waals surface area (Å²) >= 11 is 0. The van der Waals surface area contributed by atoms with Crippen molar-refractivity contribution < 1.29 is 4.39 Å². The number of nitrogens with zero attached hydrogens (tertiary/aromatic N) is 4. The van der Waals surface area contributed by atoms with Gasteiger partial charge in [-0.25, -0.2) is 9.37 Å². The van der Waals surface area contributed by atoms with Crippen LogP contribution >= 0.6 is 0 Å². The van der Waals surface area contributed by atoms with Crippen LogP contribution in [0.1, 0.15) is 12.5 Å². The molecule has 1 atom stereocenters. The molecule has 0 amide bonds. The van der Waals surface area contributed by atoms with Crippen LogP contribution in [0.2, 0.25) is 0 Å². The van der Waals surface area contributed by atoms with Crippen LogP contribution in [-0.4, -0.2) is 25.6 Å². The van der Waals surface area contributed by atoms with Gasteiger partial charge >= 0.3 is 0 Å². The van der Waals surface area contributed by atoms with Gasteiger partial charge < -0.3 is 5.32 Å². The van der Waals surface area contributed by atoms with Gasteiger partial charge in [-0.3, -0.25) is 4.98 Å². The zero-order valence-corrected chi connectivity index (χ0v) is 14.3. The van der Waals surface area contributed by atoms with Crippen LogP contribution in [0.15, 0.2) is 67.1 Å². The fourth-order valence-electron chi connectivity index (χ4n) is 3.00. The van der Waals surface area contributed by atoms with Crippen molar-refractivity contribution in [2.75, 3.05) is 5.32 Å². The summed E-state index contributed by atoms with van der Waals surface area (Å²) in [7, 11) is 0. The number of nitrogens with one attached hydrogen (secondary N) is 1. The average Bonchev–Trinajstić information content (AvgIpc) is 3.12. The number of anilines is 1. The largest absolute Gasteiger partial charge is 0.367 e. The summed E-state index contributed by atoms with van der Waals surface area (Å²) in [6, 6.07) is 14.4. The van der Waals surface area contributed by atoms with Gasteiger partial charge in [0.1, 0.15) is 11.6 Å². The molecule has 0 unspecified atom stereocenters. The molecule has 130 valence electrons. The molecule has 0 saturated carbocycles. The number of hydrogen-bond donors (Lipinski definition) is 1. The molecule has 3 aromatic heterocycles. The number of rotatable bonds is 5. The lowest BCUT2D eigenvalue weighted by atomic mass is 10.1. The number of fused-ring (bicyclic) bond motifs is 1. The van der Waals surface area contributed by atoms with Gasteiger partial charge in [0.25, 0.3) is 0 Å². The molecule has 0 fully saturated rings. The number of hydrogen-bond acceptors (Lipinski definition) is 4. The van der Waals surface area contributed by atoms with Gasteiger partial charge in [0.15, 0.2) is 5.65 Å². The van der Waals surface area contributed by atoms with E-state index < -0.39 is 0 Å². The van der Waals surface area contributed by atoms with E-state index in [1.807, 2.05) is 24.4 Å². The minimum absolute atomic E-state index is 0.141. The van der Waals surface area contributed by atoms with Gasteiger partial charge in [-0.15, -0.1) is 0 Å². The molecule has 6 heteroatoms. The molecule has 0 spiro atoms. The predicted molar refractivity (Wildman–Crippen MR) is 99.4 cm³/mol. The van der Waals surface area contributed by atoms with E-state index in [4.69, 9.17) is 0 Å². The second-order valence-corrected chi connectivity index (χ2v) is 6.22. The number of halogens is 1. The number of pyridine rings is 1. The second kappa shape index (κ2) is 6.92. The SMILES string of the molecule is C[C@H](Cc1cccnc1)Nc1cc(-c2ccccc2F)nc2ccnn12. The molecule has 0 radical (unpaired) electrons. The Morgan fingerprint density at radius 2 is 2.00 bits per heavy atom. The van der Waals surface area contributed by atoms with E-state index in [0.717, 1.165) is 17.8 Å². The summed E-state index contributed by atoms with van der Waals surface area (Å²) in [5.74, 6) is 0.480. The summed E-state index contributed by atoms with van der Waals surface area (Å²) < 4.78 is 15.9. The molecule has 0 aliphatic carbocycles. The number of aromatic nitrogens is 4. The molecule has 1 N–H and O–H groups in total. The van der Waals surface area contributed by atoms with E-state index in [1.165, 1.54) is 6.07 Å². The Morgan fingerprint density at radius 1 is 1.12 bits per heavy atom. The highest BCUT2D eigenvalue weighted by Crippen LogP contribution is 2.25. The first-order chi connectivity index (χ1) is 12.7. The molecule has 3 heterocycles. The van der Waals surface area contributed by atoms with Crippen molar-refractivity contribution in [2.24, 2.45) is 0 Å². The molecule has 0 saturated heterocycles. The van der Waals surface area contributed by atoms with Crippen LogP contribution in [0, 0.1) is 5.82 Å². The maximum absolute atomic E-state index is 14.2. The first kappa shape index (κ1) is 16.2. The van der Waals surface area contributed by atoms with Crippen LogP contribution < -0.4 is 5.32 Å². The Kier molecular flexibility index (Phi) is 4.31. The zero-order valence-electron chi connectivity index (χ0n) is 14.3. The van der Waals surface area contributed by atoms with Crippen molar-refractivity contribution in [3.8, 4) is 11.3 Å². The normalized spacial score (nSPS) is 12.2. The summed E-state index contributed by atoms with van der Waals surface area (Å²) in [4.78, 5) is 8.68. The van der Waals surface area contributed by atoms with Crippen molar-refractivity contribution in [1.29, 1.82) is 0 Å². The van der Waals surface area contributed by atoms with Crippen molar-refractivity contribution >= 4 is 11.5 Å². The highest BCUT2D eigenvalue weighted by atomic mass is 19.1. The van der Waals surface area contributed by atoms with Gasteiger partial charge in [-0.05, 0) is 37.1 Å². The summed E-state index contributed by atoms with van der Waals surface area (Å²) in [5, 5.41) is 7.78. The molecular weight excluding hydrogens is 329 g/mol. The van der Waals surface area contributed by atoms with Crippen LogP contribution in [0.3, 0.4) is 0 Å². The second-order valence-electron chi connectivity index (χ2n) is 6.22. The summed E-state index contributed by atoms with van der Waals surface area (Å²) in [5.41, 5.74) is 2.86. The van der Waals surface area contributed by atoms with Crippen molar-refractivity contribution in [2.45, 2.75) is 19.4 Å². The third kappa shape index (κ3) is 3.26. The average molecular weight is 347 g/mol. The van der Waals surface area contributed by atoms with Crippen LogP contribution in [0.4, 0.5) is 10.2 Å². The minimum Gasteiger partial charge on any atom is -0.367 e. The predicted octanol–water partition coefficient (Wildman–Crippen LogP) is 3.97. The monoisotopic (exact) mass is 347 g/mol. The molecule has 0 bridgehead atoms. The fraction of sp³-hybridized carbons (Fsp3) is 0.150. The lowest BCUT2D eigenvalue weighted by molar-refractivity contribution is 0.630. The van der Waals surface area contributed by atoms with E-state index in [0.29, 0.717) is 16.9 Å². The van der Waals surface area contributed by atoms with E-state index in [9.17, 15) is 4.39 Å². The summed E-state index contributed by atoms with van der Waals surface area (Å²) in [6.07, 6.45) is 6.12. The molecule has 4 rings (SSSR count). The third-order valence-electron chi connectivity index (χ3n) is 4.17. The van der Waals surface area contributed by atoms with E-state index in [-0.39, 0.29) is 11.9 Å². The molecule has 5 nitrogen and oxygen atoms in total.